The Morgan fingerprint density at radius 2 is 1.51 bits per heavy atom. The van der Waals surface area contributed by atoms with Crippen LogP contribution >= 0.6 is 12.4 Å². The lowest BCUT2D eigenvalue weighted by molar-refractivity contribution is 0.0512. The highest BCUT2D eigenvalue weighted by Gasteiger charge is 2.22. The summed E-state index contributed by atoms with van der Waals surface area (Å²) in [6.45, 7) is 7.28. The standard InChI is InChI=1S/C29H32N2O3.ClH/c1-4-34-29(32)28-22(2)26-19-25(33-3)15-16-27(26)31(28)18-17-30(20-23-11-7-5-8-12-23)21-24-13-9-6-10-14-24;/h5-16,19H,4,17-18,20-21H2,1-3H3;1H. The maximum Gasteiger partial charge on any atom is 0.355 e. The van der Waals surface area contributed by atoms with Gasteiger partial charge in [-0.3, -0.25) is 4.90 Å². The largest absolute Gasteiger partial charge is 0.497 e. The minimum absolute atomic E-state index is 0. The van der Waals surface area contributed by atoms with E-state index in [1.807, 2.05) is 44.2 Å². The van der Waals surface area contributed by atoms with Crippen molar-refractivity contribution in [2.75, 3.05) is 20.3 Å². The van der Waals surface area contributed by atoms with Gasteiger partial charge in [0.05, 0.1) is 13.7 Å². The normalized spacial score (nSPS) is 10.9. The lowest BCUT2D eigenvalue weighted by Gasteiger charge is -2.24. The lowest BCUT2D eigenvalue weighted by atomic mass is 10.1. The first-order valence-electron chi connectivity index (χ1n) is 11.7. The van der Waals surface area contributed by atoms with E-state index < -0.39 is 0 Å². The third kappa shape index (κ3) is 6.24. The van der Waals surface area contributed by atoms with E-state index in [-0.39, 0.29) is 18.4 Å². The van der Waals surface area contributed by atoms with Crippen molar-refractivity contribution in [3.63, 3.8) is 0 Å². The van der Waals surface area contributed by atoms with Gasteiger partial charge in [-0.1, -0.05) is 60.7 Å². The van der Waals surface area contributed by atoms with Gasteiger partial charge in [-0.2, -0.15) is 0 Å². The molecule has 3 aromatic carbocycles. The van der Waals surface area contributed by atoms with E-state index in [4.69, 9.17) is 9.47 Å². The summed E-state index contributed by atoms with van der Waals surface area (Å²) in [6.07, 6.45) is 0. The smallest absolute Gasteiger partial charge is 0.355 e. The molecule has 4 rings (SSSR count). The Morgan fingerprint density at radius 1 is 0.914 bits per heavy atom. The number of halogens is 1. The highest BCUT2D eigenvalue weighted by molar-refractivity contribution is 5.99. The number of hydrogen-bond acceptors (Lipinski definition) is 4. The average Bonchev–Trinajstić information content (AvgIpc) is 3.14. The first-order chi connectivity index (χ1) is 16.6. The molecular weight excluding hydrogens is 460 g/mol. The SMILES string of the molecule is CCOC(=O)c1c(C)c2cc(OC)ccc2n1CCN(Cc1ccccc1)Cc1ccccc1.Cl. The molecule has 35 heavy (non-hydrogen) atoms. The number of ether oxygens (including phenoxy) is 2. The van der Waals surface area contributed by atoms with Crippen LogP contribution in [-0.4, -0.2) is 35.7 Å². The van der Waals surface area contributed by atoms with Gasteiger partial charge in [-0.25, -0.2) is 4.79 Å². The summed E-state index contributed by atoms with van der Waals surface area (Å²) in [5.41, 5.74) is 5.08. The number of hydrogen-bond donors (Lipinski definition) is 0. The van der Waals surface area contributed by atoms with E-state index in [1.54, 1.807) is 7.11 Å². The highest BCUT2D eigenvalue weighted by Crippen LogP contribution is 2.30. The van der Waals surface area contributed by atoms with Crippen LogP contribution < -0.4 is 4.74 Å². The Balaban J connectivity index is 0.00000342. The highest BCUT2D eigenvalue weighted by atomic mass is 35.5. The van der Waals surface area contributed by atoms with Crippen LogP contribution in [0, 0.1) is 6.92 Å². The maximum absolute atomic E-state index is 12.9. The molecule has 0 bridgehead atoms. The maximum atomic E-state index is 12.9. The van der Waals surface area contributed by atoms with Crippen molar-refractivity contribution in [3.8, 4) is 5.75 Å². The van der Waals surface area contributed by atoms with E-state index >= 15 is 0 Å². The first-order valence-corrected chi connectivity index (χ1v) is 11.7. The van der Waals surface area contributed by atoms with Crippen LogP contribution in [0.25, 0.3) is 10.9 Å². The van der Waals surface area contributed by atoms with Gasteiger partial charge < -0.3 is 14.0 Å². The molecule has 4 aromatic rings. The molecule has 0 aliphatic heterocycles. The summed E-state index contributed by atoms with van der Waals surface area (Å²) < 4.78 is 13.0. The van der Waals surface area contributed by atoms with Crippen LogP contribution in [0.3, 0.4) is 0 Å². The van der Waals surface area contributed by atoms with Gasteiger partial charge in [0.1, 0.15) is 11.4 Å². The molecule has 0 spiro atoms. The van der Waals surface area contributed by atoms with Crippen molar-refractivity contribution < 1.29 is 14.3 Å². The molecule has 184 valence electrons. The minimum Gasteiger partial charge on any atom is -0.497 e. The van der Waals surface area contributed by atoms with Crippen LogP contribution in [0.5, 0.6) is 5.75 Å². The lowest BCUT2D eigenvalue weighted by Crippen LogP contribution is -2.28. The van der Waals surface area contributed by atoms with E-state index in [1.165, 1.54) is 11.1 Å². The zero-order chi connectivity index (χ0) is 23.9. The van der Waals surface area contributed by atoms with E-state index in [2.05, 4.69) is 58.0 Å². The Hall–Kier alpha value is -3.28. The number of esters is 1. The van der Waals surface area contributed by atoms with E-state index in [0.29, 0.717) is 18.8 Å². The van der Waals surface area contributed by atoms with E-state index in [0.717, 1.165) is 41.9 Å². The number of fused-ring (bicyclic) bond motifs is 1. The molecule has 0 fully saturated rings. The number of carbonyl (C=O) groups is 1. The van der Waals surface area contributed by atoms with Crippen LogP contribution in [0.15, 0.2) is 78.9 Å². The Kier molecular flexibility index (Phi) is 9.35. The second-order valence-electron chi connectivity index (χ2n) is 8.41. The van der Waals surface area contributed by atoms with Gasteiger partial charge in [-0.15, -0.1) is 12.4 Å². The second-order valence-corrected chi connectivity index (χ2v) is 8.41. The summed E-state index contributed by atoms with van der Waals surface area (Å²) in [4.78, 5) is 15.4. The number of nitrogens with zero attached hydrogens (tertiary/aromatic N) is 2. The molecule has 0 N–H and O–H groups in total. The van der Waals surface area contributed by atoms with Crippen molar-refractivity contribution in [2.45, 2.75) is 33.5 Å². The third-order valence-electron chi connectivity index (χ3n) is 6.13. The van der Waals surface area contributed by atoms with Crippen LogP contribution in [0.1, 0.15) is 34.1 Å². The molecule has 0 radical (unpaired) electrons. The molecule has 0 saturated carbocycles. The van der Waals surface area contributed by atoms with Crippen molar-refractivity contribution >= 4 is 29.3 Å². The molecule has 1 aromatic heterocycles. The summed E-state index contributed by atoms with van der Waals surface area (Å²) in [5.74, 6) is 0.491. The summed E-state index contributed by atoms with van der Waals surface area (Å²) in [6, 6.07) is 27.0. The first kappa shape index (κ1) is 26.3. The van der Waals surface area contributed by atoms with Gasteiger partial charge in [0.25, 0.3) is 0 Å². The van der Waals surface area contributed by atoms with Crippen molar-refractivity contribution in [3.05, 3.63) is 101 Å². The number of carbonyl (C=O) groups excluding carboxylic acids is 1. The number of aromatic nitrogens is 1. The molecule has 0 aliphatic rings. The topological polar surface area (TPSA) is 43.7 Å². The molecule has 6 heteroatoms. The molecule has 0 amide bonds. The van der Waals surface area contributed by atoms with Crippen LogP contribution in [-0.2, 0) is 24.4 Å². The number of rotatable bonds is 10. The van der Waals surface area contributed by atoms with Crippen LogP contribution in [0.2, 0.25) is 0 Å². The predicted molar refractivity (Wildman–Crippen MR) is 143 cm³/mol. The monoisotopic (exact) mass is 492 g/mol. The minimum atomic E-state index is -0.284. The van der Waals surface area contributed by atoms with Crippen molar-refractivity contribution in [2.24, 2.45) is 0 Å². The van der Waals surface area contributed by atoms with Gasteiger partial charge in [0.15, 0.2) is 0 Å². The molecule has 0 saturated heterocycles. The number of aryl methyl sites for hydroxylation is 1. The quantitative estimate of drug-likeness (QED) is 0.245. The Bertz CT molecular complexity index is 1200. The summed E-state index contributed by atoms with van der Waals surface area (Å²) in [5, 5.41) is 1.01. The zero-order valence-electron chi connectivity index (χ0n) is 20.6. The Morgan fingerprint density at radius 3 is 2.06 bits per heavy atom. The fraction of sp³-hybridized carbons (Fsp3) is 0.276. The van der Waals surface area contributed by atoms with Crippen molar-refractivity contribution in [1.29, 1.82) is 0 Å². The molecule has 0 atom stereocenters. The number of methoxy groups -OCH3 is 1. The molecule has 1 heterocycles. The molecular formula is C29H33ClN2O3. The van der Waals surface area contributed by atoms with Gasteiger partial charge >= 0.3 is 5.97 Å². The molecule has 5 nitrogen and oxygen atoms in total. The molecule has 0 unspecified atom stereocenters. The predicted octanol–water partition coefficient (Wildman–Crippen LogP) is 6.26. The third-order valence-corrected chi connectivity index (χ3v) is 6.13. The van der Waals surface area contributed by atoms with Crippen molar-refractivity contribution in [1.82, 2.24) is 9.47 Å². The second kappa shape index (κ2) is 12.4. The fourth-order valence-corrected chi connectivity index (χ4v) is 4.46. The van der Waals surface area contributed by atoms with Gasteiger partial charge in [0, 0.05) is 37.1 Å². The summed E-state index contributed by atoms with van der Waals surface area (Å²) >= 11 is 0. The van der Waals surface area contributed by atoms with E-state index in [9.17, 15) is 4.79 Å². The average molecular weight is 493 g/mol. The zero-order valence-corrected chi connectivity index (χ0v) is 21.4. The van der Waals surface area contributed by atoms with Gasteiger partial charge in [0.2, 0.25) is 0 Å². The van der Waals surface area contributed by atoms with Gasteiger partial charge in [-0.05, 0) is 48.7 Å². The number of benzene rings is 3. The fourth-order valence-electron chi connectivity index (χ4n) is 4.46. The van der Waals surface area contributed by atoms with Crippen LogP contribution in [0.4, 0.5) is 0 Å². The molecule has 0 aliphatic carbocycles. The summed E-state index contributed by atoms with van der Waals surface area (Å²) in [7, 11) is 1.66. The Labute approximate surface area is 213 Å².